The third-order valence-electron chi connectivity index (χ3n) is 2.72. The molecule has 17 heavy (non-hydrogen) atoms. The van der Waals surface area contributed by atoms with Crippen molar-refractivity contribution >= 4 is 26.6 Å². The minimum atomic E-state index is -4.15. The fourth-order valence-electron chi connectivity index (χ4n) is 1.81. The fourth-order valence-corrected chi connectivity index (χ4v) is 2.42. The van der Waals surface area contributed by atoms with Crippen LogP contribution in [-0.4, -0.2) is 20.0 Å². The van der Waals surface area contributed by atoms with E-state index >= 15 is 0 Å². The smallest absolute Gasteiger partial charge is 0.294 e. The number of anilines is 1. The molecule has 2 N–H and O–H groups in total. The first kappa shape index (κ1) is 11.9. The summed E-state index contributed by atoms with van der Waals surface area (Å²) >= 11 is 0. The van der Waals surface area contributed by atoms with E-state index in [4.69, 9.17) is 4.55 Å². The minimum absolute atomic E-state index is 0.0697. The second kappa shape index (κ2) is 4.01. The summed E-state index contributed by atoms with van der Waals surface area (Å²) in [7, 11) is -2.33. The first-order chi connectivity index (χ1) is 7.91. The molecule has 2 aromatic rings. The number of aryl methyl sites for hydroxylation is 1. The van der Waals surface area contributed by atoms with Gasteiger partial charge in [-0.15, -0.1) is 0 Å². The number of hydrogen-bond acceptors (Lipinski definition) is 3. The largest absolute Gasteiger partial charge is 0.388 e. The van der Waals surface area contributed by atoms with Gasteiger partial charge in [0.1, 0.15) is 0 Å². The highest BCUT2D eigenvalue weighted by atomic mass is 32.2. The predicted molar refractivity (Wildman–Crippen MR) is 68.0 cm³/mol. The Bertz CT molecular complexity index is 677. The van der Waals surface area contributed by atoms with Gasteiger partial charge in [-0.2, -0.15) is 8.42 Å². The molecule has 0 radical (unpaired) electrons. The first-order valence-corrected chi connectivity index (χ1v) is 6.55. The van der Waals surface area contributed by atoms with Gasteiger partial charge in [-0.1, -0.05) is 6.07 Å². The first-order valence-electron chi connectivity index (χ1n) is 5.11. The van der Waals surface area contributed by atoms with Crippen LogP contribution in [0.1, 0.15) is 5.56 Å². The standard InChI is InChI=1S/C12H13NO3S/c1-8-5-11(17(14,15)16)6-9-3-4-10(13-2)7-12(8)9/h3-7,13H,1-2H3,(H,14,15,16). The maximum Gasteiger partial charge on any atom is 0.294 e. The van der Waals surface area contributed by atoms with Gasteiger partial charge in [-0.05, 0) is 47.5 Å². The van der Waals surface area contributed by atoms with E-state index in [1.54, 1.807) is 0 Å². The molecule has 0 bridgehead atoms. The van der Waals surface area contributed by atoms with E-state index in [-0.39, 0.29) is 4.90 Å². The summed E-state index contributed by atoms with van der Waals surface area (Å²) in [4.78, 5) is -0.0697. The Hall–Kier alpha value is -1.59. The molecule has 2 rings (SSSR count). The van der Waals surface area contributed by atoms with Gasteiger partial charge in [0.25, 0.3) is 10.1 Å². The highest BCUT2D eigenvalue weighted by Gasteiger charge is 2.11. The van der Waals surface area contributed by atoms with Gasteiger partial charge in [0.2, 0.25) is 0 Å². The van der Waals surface area contributed by atoms with Crippen LogP contribution < -0.4 is 5.32 Å². The predicted octanol–water partition coefficient (Wildman–Crippen LogP) is 2.44. The molecular weight excluding hydrogens is 238 g/mol. The Labute approximate surface area is 100 Å². The van der Waals surface area contributed by atoms with Crippen LogP contribution in [0.15, 0.2) is 35.2 Å². The van der Waals surface area contributed by atoms with E-state index in [1.807, 2.05) is 32.2 Å². The molecule has 0 spiro atoms. The van der Waals surface area contributed by atoms with Crippen LogP contribution >= 0.6 is 0 Å². The lowest BCUT2D eigenvalue weighted by Gasteiger charge is -2.07. The quantitative estimate of drug-likeness (QED) is 0.804. The maximum atomic E-state index is 11.1. The van der Waals surface area contributed by atoms with E-state index in [0.717, 1.165) is 22.0 Å². The second-order valence-corrected chi connectivity index (χ2v) is 5.32. The van der Waals surface area contributed by atoms with Gasteiger partial charge < -0.3 is 5.32 Å². The lowest BCUT2D eigenvalue weighted by Crippen LogP contribution is -1.99. The van der Waals surface area contributed by atoms with E-state index in [0.29, 0.717) is 0 Å². The lowest BCUT2D eigenvalue weighted by molar-refractivity contribution is 0.483. The van der Waals surface area contributed by atoms with Crippen LogP contribution in [0.4, 0.5) is 5.69 Å². The second-order valence-electron chi connectivity index (χ2n) is 3.90. The van der Waals surface area contributed by atoms with Crippen molar-refractivity contribution in [2.45, 2.75) is 11.8 Å². The fraction of sp³-hybridized carbons (Fsp3) is 0.167. The van der Waals surface area contributed by atoms with Gasteiger partial charge in [0.05, 0.1) is 4.90 Å². The van der Waals surface area contributed by atoms with Crippen molar-refractivity contribution in [2.24, 2.45) is 0 Å². The average molecular weight is 251 g/mol. The Balaban J connectivity index is 2.76. The summed E-state index contributed by atoms with van der Waals surface area (Å²) in [5.41, 5.74) is 1.77. The molecule has 0 saturated heterocycles. The van der Waals surface area contributed by atoms with Gasteiger partial charge >= 0.3 is 0 Å². The van der Waals surface area contributed by atoms with E-state index in [9.17, 15) is 8.42 Å². The molecule has 0 amide bonds. The number of benzene rings is 2. The van der Waals surface area contributed by atoms with E-state index < -0.39 is 10.1 Å². The van der Waals surface area contributed by atoms with Crippen LogP contribution in [0.25, 0.3) is 10.8 Å². The number of fused-ring (bicyclic) bond motifs is 1. The Kier molecular flexibility index (Phi) is 2.81. The number of rotatable bonds is 2. The molecule has 2 aromatic carbocycles. The zero-order valence-corrected chi connectivity index (χ0v) is 10.4. The SMILES string of the molecule is CNc1ccc2cc(S(=O)(=O)O)cc(C)c2c1. The zero-order valence-electron chi connectivity index (χ0n) is 9.56. The van der Waals surface area contributed by atoms with Crippen LogP contribution in [0, 0.1) is 6.92 Å². The average Bonchev–Trinajstić information content (AvgIpc) is 2.27. The molecule has 0 aromatic heterocycles. The van der Waals surface area contributed by atoms with Gasteiger partial charge in [0.15, 0.2) is 0 Å². The Morgan fingerprint density at radius 3 is 2.47 bits per heavy atom. The number of hydrogen-bond donors (Lipinski definition) is 2. The molecule has 90 valence electrons. The van der Waals surface area contributed by atoms with Gasteiger partial charge in [0, 0.05) is 12.7 Å². The van der Waals surface area contributed by atoms with Gasteiger partial charge in [-0.3, -0.25) is 4.55 Å². The van der Waals surface area contributed by atoms with Crippen molar-refractivity contribution in [3.63, 3.8) is 0 Å². The van der Waals surface area contributed by atoms with E-state index in [2.05, 4.69) is 5.32 Å². The van der Waals surface area contributed by atoms with Crippen molar-refractivity contribution < 1.29 is 13.0 Å². The summed E-state index contributed by atoms with van der Waals surface area (Å²) in [6.45, 7) is 1.82. The molecule has 0 atom stereocenters. The topological polar surface area (TPSA) is 66.4 Å². The molecular formula is C12H13NO3S. The summed E-state index contributed by atoms with van der Waals surface area (Å²) in [5.74, 6) is 0. The Morgan fingerprint density at radius 2 is 1.88 bits per heavy atom. The molecule has 0 aliphatic rings. The highest BCUT2D eigenvalue weighted by molar-refractivity contribution is 7.85. The maximum absolute atomic E-state index is 11.1. The Morgan fingerprint density at radius 1 is 1.18 bits per heavy atom. The summed E-state index contributed by atoms with van der Waals surface area (Å²) in [6, 6.07) is 8.56. The molecule has 0 aliphatic carbocycles. The molecule has 0 unspecified atom stereocenters. The zero-order chi connectivity index (χ0) is 12.6. The third kappa shape index (κ3) is 2.25. The van der Waals surface area contributed by atoms with E-state index in [1.165, 1.54) is 12.1 Å². The highest BCUT2D eigenvalue weighted by Crippen LogP contribution is 2.25. The molecule has 4 nitrogen and oxygen atoms in total. The third-order valence-corrected chi connectivity index (χ3v) is 3.55. The van der Waals surface area contributed by atoms with Crippen molar-refractivity contribution in [3.05, 3.63) is 35.9 Å². The van der Waals surface area contributed by atoms with Crippen LogP contribution in [0.3, 0.4) is 0 Å². The lowest BCUT2D eigenvalue weighted by atomic mass is 10.0. The van der Waals surface area contributed by atoms with Crippen molar-refractivity contribution in [3.8, 4) is 0 Å². The summed E-state index contributed by atoms with van der Waals surface area (Å²) < 4.78 is 31.2. The normalized spacial score (nSPS) is 11.7. The number of nitrogens with one attached hydrogen (secondary N) is 1. The minimum Gasteiger partial charge on any atom is -0.388 e. The van der Waals surface area contributed by atoms with Crippen LogP contribution in [-0.2, 0) is 10.1 Å². The van der Waals surface area contributed by atoms with Crippen molar-refractivity contribution in [2.75, 3.05) is 12.4 Å². The molecule has 5 heteroatoms. The molecule has 0 fully saturated rings. The van der Waals surface area contributed by atoms with Crippen molar-refractivity contribution in [1.82, 2.24) is 0 Å². The summed E-state index contributed by atoms with van der Waals surface area (Å²) in [5, 5.41) is 4.77. The summed E-state index contributed by atoms with van der Waals surface area (Å²) in [6.07, 6.45) is 0. The van der Waals surface area contributed by atoms with Crippen LogP contribution in [0.5, 0.6) is 0 Å². The monoisotopic (exact) mass is 251 g/mol. The molecule has 0 aliphatic heterocycles. The van der Waals surface area contributed by atoms with Gasteiger partial charge in [-0.25, -0.2) is 0 Å². The van der Waals surface area contributed by atoms with Crippen LogP contribution in [0.2, 0.25) is 0 Å². The van der Waals surface area contributed by atoms with Crippen molar-refractivity contribution in [1.29, 1.82) is 0 Å². The molecule has 0 saturated carbocycles. The molecule has 0 heterocycles.